The number of ether oxygens (including phenoxy) is 1. The lowest BCUT2D eigenvalue weighted by molar-refractivity contribution is -0.155. The highest BCUT2D eigenvalue weighted by molar-refractivity contribution is 5.82. The molecule has 3 N–H and O–H groups in total. The monoisotopic (exact) mass is 258 g/mol. The van der Waals surface area contributed by atoms with E-state index in [-0.39, 0.29) is 18.3 Å². The summed E-state index contributed by atoms with van der Waals surface area (Å²) < 4.78 is 5.14. The molecular weight excluding hydrogens is 232 g/mol. The summed E-state index contributed by atoms with van der Waals surface area (Å²) in [6, 6.07) is -0.656. The van der Waals surface area contributed by atoms with Gasteiger partial charge >= 0.3 is 5.97 Å². The van der Waals surface area contributed by atoms with E-state index in [1.54, 1.807) is 20.8 Å². The SMILES string of the molecule is CC(C)CNC(=O)[C@H](N)CCC(=O)OC(C)(C)C. The highest BCUT2D eigenvalue weighted by Gasteiger charge is 2.19. The van der Waals surface area contributed by atoms with Crippen LogP contribution in [0.25, 0.3) is 0 Å². The topological polar surface area (TPSA) is 81.4 Å². The summed E-state index contributed by atoms with van der Waals surface area (Å²) in [6.07, 6.45) is 0.465. The Labute approximate surface area is 109 Å². The van der Waals surface area contributed by atoms with E-state index in [1.165, 1.54) is 0 Å². The van der Waals surface area contributed by atoms with Crippen molar-refractivity contribution >= 4 is 11.9 Å². The fourth-order valence-corrected chi connectivity index (χ4v) is 1.23. The second-order valence-electron chi connectivity index (χ2n) is 5.87. The second kappa shape index (κ2) is 7.36. The Morgan fingerprint density at radius 2 is 1.83 bits per heavy atom. The van der Waals surface area contributed by atoms with Crippen LogP contribution in [0.2, 0.25) is 0 Å². The number of esters is 1. The third-order valence-electron chi connectivity index (χ3n) is 2.10. The third-order valence-corrected chi connectivity index (χ3v) is 2.10. The van der Waals surface area contributed by atoms with Gasteiger partial charge in [-0.15, -0.1) is 0 Å². The summed E-state index contributed by atoms with van der Waals surface area (Å²) in [5.74, 6) is -0.158. The maximum atomic E-state index is 11.6. The zero-order chi connectivity index (χ0) is 14.3. The van der Waals surface area contributed by atoms with Gasteiger partial charge in [0.1, 0.15) is 5.60 Å². The maximum Gasteiger partial charge on any atom is 0.306 e. The molecule has 0 heterocycles. The van der Waals surface area contributed by atoms with Crippen LogP contribution in [0.4, 0.5) is 0 Å². The molecule has 0 bridgehead atoms. The average molecular weight is 258 g/mol. The molecule has 0 aliphatic carbocycles. The van der Waals surface area contributed by atoms with Crippen LogP contribution in [-0.4, -0.2) is 30.1 Å². The predicted molar refractivity (Wildman–Crippen MR) is 70.9 cm³/mol. The van der Waals surface area contributed by atoms with Crippen LogP contribution in [0.1, 0.15) is 47.5 Å². The van der Waals surface area contributed by atoms with Gasteiger partial charge in [0.25, 0.3) is 0 Å². The Bertz CT molecular complexity index is 282. The van der Waals surface area contributed by atoms with Gasteiger partial charge in [0.15, 0.2) is 0 Å². The largest absolute Gasteiger partial charge is 0.460 e. The first kappa shape index (κ1) is 16.9. The quantitative estimate of drug-likeness (QED) is 0.702. The molecule has 0 saturated carbocycles. The van der Waals surface area contributed by atoms with E-state index in [2.05, 4.69) is 5.32 Å². The minimum atomic E-state index is -0.656. The van der Waals surface area contributed by atoms with Gasteiger partial charge in [-0.1, -0.05) is 13.8 Å². The fourth-order valence-electron chi connectivity index (χ4n) is 1.23. The first-order chi connectivity index (χ1) is 8.11. The van der Waals surface area contributed by atoms with Gasteiger partial charge in [0.2, 0.25) is 5.91 Å². The van der Waals surface area contributed by atoms with E-state index in [0.717, 1.165) is 0 Å². The highest BCUT2D eigenvalue weighted by atomic mass is 16.6. The van der Waals surface area contributed by atoms with Gasteiger partial charge in [0.05, 0.1) is 6.04 Å². The third kappa shape index (κ3) is 8.98. The molecule has 0 spiro atoms. The standard InChI is InChI=1S/C13H26N2O3/c1-9(2)8-15-12(17)10(14)6-7-11(16)18-13(3,4)5/h9-10H,6-8,14H2,1-5H3,(H,15,17)/t10-/m1/s1. The molecule has 0 saturated heterocycles. The first-order valence-electron chi connectivity index (χ1n) is 6.37. The smallest absolute Gasteiger partial charge is 0.306 e. The van der Waals surface area contributed by atoms with Crippen molar-refractivity contribution in [3.05, 3.63) is 0 Å². The Morgan fingerprint density at radius 1 is 1.28 bits per heavy atom. The average Bonchev–Trinajstić information content (AvgIpc) is 2.19. The molecule has 0 aromatic carbocycles. The van der Waals surface area contributed by atoms with E-state index in [0.29, 0.717) is 18.9 Å². The van der Waals surface area contributed by atoms with Crippen molar-refractivity contribution in [2.45, 2.75) is 59.1 Å². The number of hydrogen-bond donors (Lipinski definition) is 2. The van der Waals surface area contributed by atoms with Gasteiger partial charge in [-0.3, -0.25) is 9.59 Å². The van der Waals surface area contributed by atoms with E-state index in [9.17, 15) is 9.59 Å². The molecule has 106 valence electrons. The zero-order valence-electron chi connectivity index (χ0n) is 12.1. The van der Waals surface area contributed by atoms with Crippen LogP contribution >= 0.6 is 0 Å². The summed E-state index contributed by atoms with van der Waals surface area (Å²) in [5.41, 5.74) is 5.20. The van der Waals surface area contributed by atoms with Gasteiger partial charge in [-0.25, -0.2) is 0 Å². The number of nitrogens with one attached hydrogen (secondary N) is 1. The van der Waals surface area contributed by atoms with Crippen LogP contribution in [0.3, 0.4) is 0 Å². The number of amides is 1. The first-order valence-corrected chi connectivity index (χ1v) is 6.37. The lowest BCUT2D eigenvalue weighted by atomic mass is 10.1. The molecule has 1 amide bonds. The molecule has 0 fully saturated rings. The molecule has 1 atom stereocenters. The second-order valence-corrected chi connectivity index (χ2v) is 5.87. The molecule has 5 nitrogen and oxygen atoms in total. The summed E-state index contributed by atoms with van der Waals surface area (Å²) >= 11 is 0. The van der Waals surface area contributed by atoms with E-state index < -0.39 is 11.6 Å². The van der Waals surface area contributed by atoms with Crippen LogP contribution in [0.15, 0.2) is 0 Å². The van der Waals surface area contributed by atoms with Crippen molar-refractivity contribution in [1.29, 1.82) is 0 Å². The molecule has 0 rings (SSSR count). The Kier molecular flexibility index (Phi) is 6.91. The maximum absolute atomic E-state index is 11.6. The summed E-state index contributed by atoms with van der Waals surface area (Å²) in [6.45, 7) is 10.0. The molecule has 0 aliphatic rings. The lowest BCUT2D eigenvalue weighted by Gasteiger charge is -2.20. The van der Waals surface area contributed by atoms with Crippen molar-refractivity contribution in [2.24, 2.45) is 11.7 Å². The predicted octanol–water partition coefficient (Wildman–Crippen LogP) is 1.21. The zero-order valence-corrected chi connectivity index (χ0v) is 12.1. The van der Waals surface area contributed by atoms with Crippen molar-refractivity contribution in [1.82, 2.24) is 5.32 Å². The van der Waals surface area contributed by atoms with E-state index in [4.69, 9.17) is 10.5 Å². The van der Waals surface area contributed by atoms with Crippen molar-refractivity contribution < 1.29 is 14.3 Å². The van der Waals surface area contributed by atoms with Gasteiger partial charge in [-0.05, 0) is 33.1 Å². The molecule has 5 heteroatoms. The van der Waals surface area contributed by atoms with E-state index in [1.807, 2.05) is 13.8 Å². The molecule has 0 unspecified atom stereocenters. The summed E-state index contributed by atoms with van der Waals surface area (Å²) in [5, 5.41) is 2.74. The van der Waals surface area contributed by atoms with Crippen LogP contribution < -0.4 is 11.1 Å². The number of nitrogens with two attached hydrogens (primary N) is 1. The molecule has 18 heavy (non-hydrogen) atoms. The van der Waals surface area contributed by atoms with Gasteiger partial charge in [0, 0.05) is 13.0 Å². The summed E-state index contributed by atoms with van der Waals surface area (Å²) in [4.78, 5) is 23.0. The summed E-state index contributed by atoms with van der Waals surface area (Å²) in [7, 11) is 0. The van der Waals surface area contributed by atoms with Gasteiger partial charge in [-0.2, -0.15) is 0 Å². The number of carbonyl (C=O) groups excluding carboxylic acids is 2. The van der Waals surface area contributed by atoms with Crippen LogP contribution in [-0.2, 0) is 14.3 Å². The van der Waals surface area contributed by atoms with Gasteiger partial charge < -0.3 is 15.8 Å². The van der Waals surface area contributed by atoms with Crippen molar-refractivity contribution in [3.8, 4) is 0 Å². The number of rotatable bonds is 6. The molecule has 0 radical (unpaired) electrons. The molecular formula is C13H26N2O3. The van der Waals surface area contributed by atoms with Crippen LogP contribution in [0.5, 0.6) is 0 Å². The Hall–Kier alpha value is -1.10. The van der Waals surface area contributed by atoms with Crippen molar-refractivity contribution in [2.75, 3.05) is 6.54 Å². The van der Waals surface area contributed by atoms with E-state index >= 15 is 0 Å². The fraction of sp³-hybridized carbons (Fsp3) is 0.846. The Balaban J connectivity index is 3.92. The van der Waals surface area contributed by atoms with Crippen molar-refractivity contribution in [3.63, 3.8) is 0 Å². The number of hydrogen-bond acceptors (Lipinski definition) is 4. The lowest BCUT2D eigenvalue weighted by Crippen LogP contribution is -2.42. The normalized spacial score (nSPS) is 13.3. The molecule has 0 aromatic rings. The minimum absolute atomic E-state index is 0.160. The molecule has 0 aromatic heterocycles. The number of carbonyl (C=O) groups is 2. The highest BCUT2D eigenvalue weighted by Crippen LogP contribution is 2.09. The molecule has 0 aliphatic heterocycles. The van der Waals surface area contributed by atoms with Crippen LogP contribution in [0, 0.1) is 5.92 Å². The Morgan fingerprint density at radius 3 is 2.28 bits per heavy atom. The minimum Gasteiger partial charge on any atom is -0.460 e.